The van der Waals surface area contributed by atoms with Crippen molar-refractivity contribution in [1.29, 1.82) is 0 Å². The minimum atomic E-state index is -3.31. The fourth-order valence-electron chi connectivity index (χ4n) is 2.88. The molecule has 5 nitrogen and oxygen atoms in total. The van der Waals surface area contributed by atoms with E-state index in [1.807, 2.05) is 6.92 Å². The van der Waals surface area contributed by atoms with Crippen molar-refractivity contribution in [3.8, 4) is 0 Å². The van der Waals surface area contributed by atoms with Gasteiger partial charge in [0.15, 0.2) is 0 Å². The van der Waals surface area contributed by atoms with Gasteiger partial charge in [-0.1, -0.05) is 13.3 Å². The van der Waals surface area contributed by atoms with Gasteiger partial charge in [0.25, 0.3) is 10.2 Å². The zero-order valence-corrected chi connectivity index (χ0v) is 13.4. The molecule has 0 aromatic carbocycles. The number of hydrogen-bond donors (Lipinski definition) is 2. The zero-order valence-electron chi connectivity index (χ0n) is 11.8. The van der Waals surface area contributed by atoms with Crippen molar-refractivity contribution in [2.75, 3.05) is 19.6 Å². The summed E-state index contributed by atoms with van der Waals surface area (Å²) < 4.78 is 29.4. The summed E-state index contributed by atoms with van der Waals surface area (Å²) in [5, 5.41) is 3.29. The second kappa shape index (κ2) is 7.22. The molecule has 0 spiro atoms. The average Bonchev–Trinajstić information content (AvgIpc) is 2.32. The number of nitrogens with one attached hydrogen (secondary N) is 2. The topological polar surface area (TPSA) is 61.4 Å². The van der Waals surface area contributed by atoms with Gasteiger partial charge in [0.1, 0.15) is 0 Å². The third-order valence-electron chi connectivity index (χ3n) is 4.14. The maximum Gasteiger partial charge on any atom is 0.279 e. The lowest BCUT2D eigenvalue weighted by molar-refractivity contribution is 0.255. The molecule has 2 N–H and O–H groups in total. The second-order valence-electron chi connectivity index (χ2n) is 5.65. The van der Waals surface area contributed by atoms with Crippen LogP contribution in [0.3, 0.4) is 0 Å². The van der Waals surface area contributed by atoms with Crippen molar-refractivity contribution in [1.82, 2.24) is 14.3 Å². The minimum Gasteiger partial charge on any atom is -0.316 e. The van der Waals surface area contributed by atoms with Crippen molar-refractivity contribution < 1.29 is 8.42 Å². The van der Waals surface area contributed by atoms with Crippen LogP contribution in [0.2, 0.25) is 0 Å². The molecule has 2 aliphatic heterocycles. The Labute approximate surface area is 123 Å². The van der Waals surface area contributed by atoms with Crippen LogP contribution >= 0.6 is 12.4 Å². The van der Waals surface area contributed by atoms with Gasteiger partial charge in [0.2, 0.25) is 0 Å². The highest BCUT2D eigenvalue weighted by Gasteiger charge is 2.33. The molecule has 2 fully saturated rings. The molecule has 2 aliphatic rings. The molecule has 0 aromatic rings. The largest absolute Gasteiger partial charge is 0.316 e. The fourth-order valence-corrected chi connectivity index (χ4v) is 4.69. The van der Waals surface area contributed by atoms with Gasteiger partial charge in [-0.2, -0.15) is 17.4 Å². The first kappa shape index (κ1) is 17.2. The first-order valence-corrected chi connectivity index (χ1v) is 8.44. The SMILES string of the molecule is CC1CNCCC1NS(=O)(=O)N1CCCCC1C.Cl. The van der Waals surface area contributed by atoms with Crippen molar-refractivity contribution in [3.05, 3.63) is 0 Å². The standard InChI is InChI=1S/C12H25N3O2S.ClH/c1-10-9-13-7-6-12(10)14-18(16,17)15-8-4-3-5-11(15)2;/h10-14H,3-9H2,1-2H3;1H. The first-order valence-electron chi connectivity index (χ1n) is 7.00. The van der Waals surface area contributed by atoms with Gasteiger partial charge in [0.05, 0.1) is 0 Å². The Balaban J connectivity index is 0.00000180. The van der Waals surface area contributed by atoms with Crippen LogP contribution < -0.4 is 10.0 Å². The van der Waals surface area contributed by atoms with Gasteiger partial charge in [0, 0.05) is 18.6 Å². The second-order valence-corrected chi connectivity index (χ2v) is 7.31. The highest BCUT2D eigenvalue weighted by molar-refractivity contribution is 7.87. The summed E-state index contributed by atoms with van der Waals surface area (Å²) in [7, 11) is -3.31. The molecule has 0 radical (unpaired) electrons. The Morgan fingerprint density at radius 2 is 1.95 bits per heavy atom. The number of hydrogen-bond acceptors (Lipinski definition) is 3. The van der Waals surface area contributed by atoms with Crippen LogP contribution in [0.5, 0.6) is 0 Å². The van der Waals surface area contributed by atoms with Crippen LogP contribution in [-0.2, 0) is 10.2 Å². The summed E-state index contributed by atoms with van der Waals surface area (Å²) in [5.41, 5.74) is 0. The lowest BCUT2D eigenvalue weighted by Crippen LogP contribution is -2.54. The van der Waals surface area contributed by atoms with E-state index in [1.165, 1.54) is 0 Å². The molecule has 0 aromatic heterocycles. The van der Waals surface area contributed by atoms with E-state index in [1.54, 1.807) is 4.31 Å². The molecule has 19 heavy (non-hydrogen) atoms. The predicted octanol–water partition coefficient (Wildman–Crippen LogP) is 1.11. The molecule has 0 amide bonds. The molecular weight excluding hydrogens is 286 g/mol. The summed E-state index contributed by atoms with van der Waals surface area (Å²) in [4.78, 5) is 0. The molecule has 2 heterocycles. The van der Waals surface area contributed by atoms with E-state index < -0.39 is 10.2 Å². The monoisotopic (exact) mass is 311 g/mol. The number of halogens is 1. The van der Waals surface area contributed by atoms with E-state index in [4.69, 9.17) is 0 Å². The van der Waals surface area contributed by atoms with E-state index >= 15 is 0 Å². The molecule has 3 atom stereocenters. The van der Waals surface area contributed by atoms with Crippen LogP contribution in [0.25, 0.3) is 0 Å². The van der Waals surface area contributed by atoms with Crippen molar-refractivity contribution in [3.63, 3.8) is 0 Å². The normalized spacial score (nSPS) is 33.7. The third-order valence-corrected chi connectivity index (χ3v) is 5.90. The van der Waals surface area contributed by atoms with Crippen LogP contribution in [0, 0.1) is 5.92 Å². The van der Waals surface area contributed by atoms with Gasteiger partial charge >= 0.3 is 0 Å². The highest BCUT2D eigenvalue weighted by Crippen LogP contribution is 2.20. The van der Waals surface area contributed by atoms with Crippen LogP contribution in [-0.4, -0.2) is 44.4 Å². The smallest absolute Gasteiger partial charge is 0.279 e. The summed E-state index contributed by atoms with van der Waals surface area (Å²) in [5.74, 6) is 0.355. The zero-order chi connectivity index (χ0) is 13.2. The Morgan fingerprint density at radius 3 is 2.58 bits per heavy atom. The Kier molecular flexibility index (Phi) is 6.53. The average molecular weight is 312 g/mol. The van der Waals surface area contributed by atoms with E-state index in [0.717, 1.165) is 38.8 Å². The lowest BCUT2D eigenvalue weighted by atomic mass is 9.97. The summed E-state index contributed by atoms with van der Waals surface area (Å²) in [6, 6.07) is 0.207. The van der Waals surface area contributed by atoms with E-state index in [2.05, 4.69) is 17.0 Å². The number of piperidine rings is 2. The first-order chi connectivity index (χ1) is 8.50. The van der Waals surface area contributed by atoms with Crippen LogP contribution in [0.1, 0.15) is 39.5 Å². The van der Waals surface area contributed by atoms with Crippen LogP contribution in [0.15, 0.2) is 0 Å². The molecule has 0 aliphatic carbocycles. The maximum absolute atomic E-state index is 12.4. The Hall–Kier alpha value is 0.120. The van der Waals surface area contributed by atoms with Crippen molar-refractivity contribution >= 4 is 22.6 Å². The third kappa shape index (κ3) is 4.29. The minimum absolute atomic E-state index is 0. The molecule has 2 saturated heterocycles. The molecule has 7 heteroatoms. The maximum atomic E-state index is 12.4. The van der Waals surface area contributed by atoms with Gasteiger partial charge < -0.3 is 5.32 Å². The summed E-state index contributed by atoms with van der Waals surface area (Å²) in [6.07, 6.45) is 3.97. The van der Waals surface area contributed by atoms with E-state index in [9.17, 15) is 8.42 Å². The van der Waals surface area contributed by atoms with Crippen LogP contribution in [0.4, 0.5) is 0 Å². The molecule has 2 rings (SSSR count). The fraction of sp³-hybridized carbons (Fsp3) is 1.00. The van der Waals surface area contributed by atoms with Gasteiger partial charge in [-0.3, -0.25) is 0 Å². The van der Waals surface area contributed by atoms with Crippen molar-refractivity contribution in [2.45, 2.75) is 51.6 Å². The number of nitrogens with zero attached hydrogens (tertiary/aromatic N) is 1. The van der Waals surface area contributed by atoms with Crippen molar-refractivity contribution in [2.24, 2.45) is 5.92 Å². The van der Waals surface area contributed by atoms with Gasteiger partial charge in [-0.25, -0.2) is 0 Å². The summed E-state index contributed by atoms with van der Waals surface area (Å²) >= 11 is 0. The Bertz CT molecular complexity index is 377. The lowest BCUT2D eigenvalue weighted by Gasteiger charge is -2.36. The quantitative estimate of drug-likeness (QED) is 0.821. The van der Waals surface area contributed by atoms with Gasteiger partial charge in [-0.15, -0.1) is 12.4 Å². The predicted molar refractivity (Wildman–Crippen MR) is 79.8 cm³/mol. The molecule has 0 saturated carbocycles. The summed E-state index contributed by atoms with van der Waals surface area (Å²) in [6.45, 7) is 6.55. The number of rotatable bonds is 3. The van der Waals surface area contributed by atoms with Gasteiger partial charge in [-0.05, 0) is 45.2 Å². The molecule has 0 bridgehead atoms. The molecule has 114 valence electrons. The molecule has 3 unspecified atom stereocenters. The van der Waals surface area contributed by atoms with E-state index in [0.29, 0.717) is 12.5 Å². The molecular formula is C12H26ClN3O2S. The highest BCUT2D eigenvalue weighted by atomic mass is 35.5. The van der Waals surface area contributed by atoms with E-state index in [-0.39, 0.29) is 24.5 Å². The Morgan fingerprint density at radius 1 is 1.21 bits per heavy atom.